The van der Waals surface area contributed by atoms with E-state index in [9.17, 15) is 14.7 Å². The van der Waals surface area contributed by atoms with Crippen LogP contribution < -0.4 is 5.32 Å². The number of hydrogen-bond donors (Lipinski definition) is 2. The molecule has 5 nitrogen and oxygen atoms in total. The lowest BCUT2D eigenvalue weighted by Gasteiger charge is -2.23. The van der Waals surface area contributed by atoms with Crippen molar-refractivity contribution in [1.82, 2.24) is 10.2 Å². The molecule has 0 bridgehead atoms. The molecule has 5 heteroatoms. The molecule has 1 heterocycles. The second-order valence-electron chi connectivity index (χ2n) is 8.41. The van der Waals surface area contributed by atoms with E-state index in [4.69, 9.17) is 0 Å². The molecule has 1 aromatic rings. The summed E-state index contributed by atoms with van der Waals surface area (Å²) in [5.41, 5.74) is 5.25. The molecule has 1 fully saturated rings. The van der Waals surface area contributed by atoms with Crippen molar-refractivity contribution in [1.29, 1.82) is 0 Å². The van der Waals surface area contributed by atoms with E-state index in [1.807, 2.05) is 0 Å². The number of hydrogen-bond acceptors (Lipinski definition) is 3. The molecule has 0 aliphatic carbocycles. The van der Waals surface area contributed by atoms with Gasteiger partial charge in [0.1, 0.15) is 6.04 Å². The fourth-order valence-electron chi connectivity index (χ4n) is 3.68. The summed E-state index contributed by atoms with van der Waals surface area (Å²) in [6.07, 6.45) is 2.25. The molecular formula is C21H32N2O3. The first-order valence-electron chi connectivity index (χ1n) is 9.43. The molecule has 1 amide bonds. The maximum absolute atomic E-state index is 12.2. The first-order chi connectivity index (χ1) is 12.1. The largest absolute Gasteiger partial charge is 0.480 e. The molecule has 26 heavy (non-hydrogen) atoms. The summed E-state index contributed by atoms with van der Waals surface area (Å²) in [5, 5.41) is 12.1. The van der Waals surface area contributed by atoms with Gasteiger partial charge in [-0.15, -0.1) is 0 Å². The number of aryl methyl sites for hydroxylation is 2. The number of likely N-dealkylation sites (tertiary alicyclic amines) is 1. The van der Waals surface area contributed by atoms with Crippen LogP contribution in [0.4, 0.5) is 0 Å². The van der Waals surface area contributed by atoms with Gasteiger partial charge >= 0.3 is 5.97 Å². The lowest BCUT2D eigenvalue weighted by Crippen LogP contribution is -2.43. The van der Waals surface area contributed by atoms with E-state index in [0.717, 1.165) is 12.8 Å². The number of carbonyl (C=O) groups excluding carboxylic acids is 1. The third kappa shape index (κ3) is 5.07. The third-order valence-corrected chi connectivity index (χ3v) is 5.25. The Balaban J connectivity index is 1.89. The zero-order valence-corrected chi connectivity index (χ0v) is 16.7. The van der Waals surface area contributed by atoms with E-state index >= 15 is 0 Å². The van der Waals surface area contributed by atoms with Crippen LogP contribution >= 0.6 is 0 Å². The van der Waals surface area contributed by atoms with E-state index in [1.54, 1.807) is 4.90 Å². The van der Waals surface area contributed by atoms with Gasteiger partial charge in [0.2, 0.25) is 5.91 Å². The predicted octanol–water partition coefficient (Wildman–Crippen LogP) is 2.81. The van der Waals surface area contributed by atoms with Gasteiger partial charge in [0, 0.05) is 6.54 Å². The molecular weight excluding hydrogens is 328 g/mol. The van der Waals surface area contributed by atoms with Gasteiger partial charge in [-0.3, -0.25) is 14.5 Å². The second-order valence-corrected chi connectivity index (χ2v) is 8.41. The summed E-state index contributed by atoms with van der Waals surface area (Å²) < 4.78 is 0. The standard InChI is InChI=1S/C21H32N2O3/c1-14-11-16(21(3,4)5)12-15(2)17(14)8-9-22-19(24)13-23-10-6-7-18(23)20(25)26/h11-12,18H,6-10,13H2,1-5H3,(H,22,24)(H,25,26). The SMILES string of the molecule is Cc1cc(C(C)(C)C)cc(C)c1CCNC(=O)CN1CCCC1C(=O)O. The number of nitrogens with zero attached hydrogens (tertiary/aromatic N) is 1. The number of aliphatic carboxylic acids is 1. The molecule has 0 aromatic heterocycles. The molecule has 0 spiro atoms. The lowest BCUT2D eigenvalue weighted by molar-refractivity contribution is -0.142. The Bertz CT molecular complexity index is 653. The fourth-order valence-corrected chi connectivity index (χ4v) is 3.68. The fraction of sp³-hybridized carbons (Fsp3) is 0.619. The Labute approximate surface area is 156 Å². The zero-order chi connectivity index (χ0) is 19.5. The molecule has 0 radical (unpaired) electrons. The van der Waals surface area contributed by atoms with Crippen molar-refractivity contribution >= 4 is 11.9 Å². The number of nitrogens with one attached hydrogen (secondary N) is 1. The van der Waals surface area contributed by atoms with Crippen LogP contribution in [-0.2, 0) is 21.4 Å². The number of benzene rings is 1. The molecule has 1 atom stereocenters. The minimum Gasteiger partial charge on any atom is -0.480 e. The van der Waals surface area contributed by atoms with Crippen LogP contribution in [0.5, 0.6) is 0 Å². The average Bonchev–Trinajstić information content (AvgIpc) is 2.97. The molecule has 1 unspecified atom stereocenters. The van der Waals surface area contributed by atoms with Crippen LogP contribution in [0.1, 0.15) is 55.9 Å². The Kier molecular flexibility index (Phi) is 6.45. The van der Waals surface area contributed by atoms with E-state index in [0.29, 0.717) is 19.5 Å². The third-order valence-electron chi connectivity index (χ3n) is 5.25. The first kappa shape index (κ1) is 20.4. The summed E-state index contributed by atoms with van der Waals surface area (Å²) in [7, 11) is 0. The monoisotopic (exact) mass is 360 g/mol. The number of rotatable bonds is 6. The van der Waals surface area contributed by atoms with E-state index in [1.165, 1.54) is 22.3 Å². The molecule has 1 aliphatic heterocycles. The Morgan fingerprint density at radius 1 is 1.23 bits per heavy atom. The van der Waals surface area contributed by atoms with Crippen molar-refractivity contribution in [3.8, 4) is 0 Å². The number of carbonyl (C=O) groups is 2. The van der Waals surface area contributed by atoms with Gasteiger partial charge in [0.15, 0.2) is 0 Å². The van der Waals surface area contributed by atoms with Crippen LogP contribution in [0.25, 0.3) is 0 Å². The highest BCUT2D eigenvalue weighted by atomic mass is 16.4. The van der Waals surface area contributed by atoms with Crippen molar-refractivity contribution in [2.45, 2.75) is 65.3 Å². The van der Waals surface area contributed by atoms with Crippen LogP contribution in [0.2, 0.25) is 0 Å². The second kappa shape index (κ2) is 8.21. The molecule has 1 saturated heterocycles. The van der Waals surface area contributed by atoms with Crippen molar-refractivity contribution in [3.63, 3.8) is 0 Å². The quantitative estimate of drug-likeness (QED) is 0.818. The molecule has 0 saturated carbocycles. The molecule has 2 N–H and O–H groups in total. The van der Waals surface area contributed by atoms with Crippen LogP contribution in [0.3, 0.4) is 0 Å². The molecule has 1 aliphatic rings. The zero-order valence-electron chi connectivity index (χ0n) is 16.7. The predicted molar refractivity (Wildman–Crippen MR) is 104 cm³/mol. The number of carboxylic acids is 1. The Morgan fingerprint density at radius 2 is 1.85 bits per heavy atom. The van der Waals surface area contributed by atoms with Gasteiger partial charge in [-0.05, 0) is 67.3 Å². The number of amides is 1. The highest BCUT2D eigenvalue weighted by Crippen LogP contribution is 2.27. The molecule has 2 rings (SSSR count). The van der Waals surface area contributed by atoms with Gasteiger partial charge in [-0.2, -0.15) is 0 Å². The van der Waals surface area contributed by atoms with Gasteiger partial charge in [0.25, 0.3) is 0 Å². The summed E-state index contributed by atoms with van der Waals surface area (Å²) in [6, 6.07) is 3.97. The smallest absolute Gasteiger partial charge is 0.320 e. The normalized spacial score (nSPS) is 18.1. The minimum absolute atomic E-state index is 0.0974. The van der Waals surface area contributed by atoms with E-state index < -0.39 is 12.0 Å². The van der Waals surface area contributed by atoms with E-state index in [-0.39, 0.29) is 17.9 Å². The van der Waals surface area contributed by atoms with Gasteiger partial charge in [-0.1, -0.05) is 32.9 Å². The van der Waals surface area contributed by atoms with Crippen LogP contribution in [0.15, 0.2) is 12.1 Å². The van der Waals surface area contributed by atoms with Gasteiger partial charge in [0.05, 0.1) is 6.54 Å². The van der Waals surface area contributed by atoms with Crippen molar-refractivity contribution in [3.05, 3.63) is 34.4 Å². The Hall–Kier alpha value is -1.88. The molecule has 1 aromatic carbocycles. The van der Waals surface area contributed by atoms with Crippen LogP contribution in [0, 0.1) is 13.8 Å². The average molecular weight is 360 g/mol. The van der Waals surface area contributed by atoms with Crippen molar-refractivity contribution in [2.24, 2.45) is 0 Å². The van der Waals surface area contributed by atoms with Crippen molar-refractivity contribution < 1.29 is 14.7 Å². The maximum Gasteiger partial charge on any atom is 0.320 e. The maximum atomic E-state index is 12.2. The Morgan fingerprint density at radius 3 is 2.38 bits per heavy atom. The van der Waals surface area contributed by atoms with Gasteiger partial charge in [-0.25, -0.2) is 0 Å². The summed E-state index contributed by atoms with van der Waals surface area (Å²) >= 11 is 0. The topological polar surface area (TPSA) is 69.6 Å². The highest BCUT2D eigenvalue weighted by molar-refractivity contribution is 5.80. The summed E-state index contributed by atoms with van der Waals surface area (Å²) in [5.74, 6) is -0.930. The van der Waals surface area contributed by atoms with Gasteiger partial charge < -0.3 is 10.4 Å². The van der Waals surface area contributed by atoms with Crippen LogP contribution in [-0.4, -0.2) is 47.6 Å². The molecule has 144 valence electrons. The summed E-state index contributed by atoms with van der Waals surface area (Å²) in [6.45, 7) is 12.3. The van der Waals surface area contributed by atoms with E-state index in [2.05, 4.69) is 52.1 Å². The number of carboxylic acid groups (broad SMARTS) is 1. The first-order valence-corrected chi connectivity index (χ1v) is 9.43. The lowest BCUT2D eigenvalue weighted by atomic mass is 9.83. The minimum atomic E-state index is -0.833. The highest BCUT2D eigenvalue weighted by Gasteiger charge is 2.31. The summed E-state index contributed by atoms with van der Waals surface area (Å²) in [4.78, 5) is 25.1. The van der Waals surface area contributed by atoms with Crippen molar-refractivity contribution in [2.75, 3.05) is 19.6 Å².